The third kappa shape index (κ3) is 4.46. The van der Waals surface area contributed by atoms with Gasteiger partial charge in [0.15, 0.2) is 0 Å². The SMILES string of the molecule is CCCNCC1CCC(CC)CC1C1CCCOC1. The van der Waals surface area contributed by atoms with Crippen molar-refractivity contribution < 1.29 is 4.74 Å². The van der Waals surface area contributed by atoms with Crippen molar-refractivity contribution >= 4 is 0 Å². The molecule has 0 aromatic heterocycles. The van der Waals surface area contributed by atoms with Crippen LogP contribution in [0, 0.1) is 23.7 Å². The largest absolute Gasteiger partial charge is 0.381 e. The van der Waals surface area contributed by atoms with Gasteiger partial charge in [0.25, 0.3) is 0 Å². The van der Waals surface area contributed by atoms with E-state index in [0.717, 1.165) is 36.9 Å². The van der Waals surface area contributed by atoms with Crippen molar-refractivity contribution in [2.45, 2.75) is 58.8 Å². The van der Waals surface area contributed by atoms with Gasteiger partial charge in [-0.05, 0) is 68.9 Å². The molecular formula is C17H33NO. The normalized spacial score (nSPS) is 36.3. The molecule has 1 saturated carbocycles. The summed E-state index contributed by atoms with van der Waals surface area (Å²) in [6.07, 6.45) is 9.68. The average molecular weight is 267 g/mol. The fraction of sp³-hybridized carbons (Fsp3) is 1.00. The average Bonchev–Trinajstić information content (AvgIpc) is 2.48. The second-order valence-corrected chi connectivity index (χ2v) is 6.69. The van der Waals surface area contributed by atoms with Gasteiger partial charge in [0.2, 0.25) is 0 Å². The van der Waals surface area contributed by atoms with Crippen molar-refractivity contribution in [1.82, 2.24) is 5.32 Å². The predicted octanol–water partition coefficient (Wildman–Crippen LogP) is 3.86. The van der Waals surface area contributed by atoms with E-state index >= 15 is 0 Å². The van der Waals surface area contributed by atoms with Crippen LogP contribution in [-0.4, -0.2) is 26.3 Å². The Morgan fingerprint density at radius 3 is 2.74 bits per heavy atom. The molecule has 1 aliphatic carbocycles. The Bertz CT molecular complexity index is 235. The number of nitrogens with one attached hydrogen (secondary N) is 1. The summed E-state index contributed by atoms with van der Waals surface area (Å²) in [4.78, 5) is 0. The van der Waals surface area contributed by atoms with Crippen LogP contribution in [0.25, 0.3) is 0 Å². The second-order valence-electron chi connectivity index (χ2n) is 6.69. The van der Waals surface area contributed by atoms with Crippen molar-refractivity contribution in [1.29, 1.82) is 0 Å². The molecule has 1 aliphatic heterocycles. The maximum Gasteiger partial charge on any atom is 0.0497 e. The Morgan fingerprint density at radius 1 is 1.16 bits per heavy atom. The highest BCUT2D eigenvalue weighted by atomic mass is 16.5. The van der Waals surface area contributed by atoms with E-state index in [0.29, 0.717) is 0 Å². The Balaban J connectivity index is 1.90. The highest BCUT2D eigenvalue weighted by Gasteiger charge is 2.35. The summed E-state index contributed by atoms with van der Waals surface area (Å²) >= 11 is 0. The van der Waals surface area contributed by atoms with Gasteiger partial charge < -0.3 is 10.1 Å². The van der Waals surface area contributed by atoms with Crippen LogP contribution in [0.5, 0.6) is 0 Å². The molecule has 4 unspecified atom stereocenters. The van der Waals surface area contributed by atoms with Gasteiger partial charge in [0.1, 0.15) is 0 Å². The summed E-state index contributed by atoms with van der Waals surface area (Å²) in [5, 5.41) is 3.67. The van der Waals surface area contributed by atoms with Gasteiger partial charge in [-0.15, -0.1) is 0 Å². The van der Waals surface area contributed by atoms with Crippen molar-refractivity contribution in [3.05, 3.63) is 0 Å². The summed E-state index contributed by atoms with van der Waals surface area (Å²) in [6.45, 7) is 9.08. The molecule has 2 nitrogen and oxygen atoms in total. The lowest BCUT2D eigenvalue weighted by molar-refractivity contribution is -0.00308. The number of hydrogen-bond donors (Lipinski definition) is 1. The maximum absolute atomic E-state index is 5.76. The lowest BCUT2D eigenvalue weighted by atomic mass is 9.67. The lowest BCUT2D eigenvalue weighted by Gasteiger charge is -2.42. The highest BCUT2D eigenvalue weighted by molar-refractivity contribution is 4.86. The summed E-state index contributed by atoms with van der Waals surface area (Å²) in [7, 11) is 0. The molecular weight excluding hydrogens is 234 g/mol. The molecule has 2 fully saturated rings. The first-order valence-corrected chi connectivity index (χ1v) is 8.63. The molecule has 0 aromatic rings. The first-order valence-electron chi connectivity index (χ1n) is 8.63. The van der Waals surface area contributed by atoms with Crippen LogP contribution in [0.15, 0.2) is 0 Å². The van der Waals surface area contributed by atoms with Crippen LogP contribution in [0.1, 0.15) is 58.8 Å². The van der Waals surface area contributed by atoms with E-state index in [1.54, 1.807) is 0 Å². The molecule has 1 saturated heterocycles. The van der Waals surface area contributed by atoms with Crippen LogP contribution >= 0.6 is 0 Å². The monoisotopic (exact) mass is 267 g/mol. The minimum Gasteiger partial charge on any atom is -0.381 e. The van der Waals surface area contributed by atoms with E-state index in [4.69, 9.17) is 4.74 Å². The molecule has 112 valence electrons. The number of hydrogen-bond acceptors (Lipinski definition) is 2. The van der Waals surface area contributed by atoms with Crippen LogP contribution in [0.3, 0.4) is 0 Å². The first-order chi connectivity index (χ1) is 9.35. The fourth-order valence-electron chi connectivity index (χ4n) is 4.13. The topological polar surface area (TPSA) is 21.3 Å². The number of rotatable bonds is 6. The minimum atomic E-state index is 0.844. The van der Waals surface area contributed by atoms with Crippen LogP contribution in [-0.2, 0) is 4.74 Å². The Hall–Kier alpha value is -0.0800. The van der Waals surface area contributed by atoms with Gasteiger partial charge in [-0.2, -0.15) is 0 Å². The molecule has 19 heavy (non-hydrogen) atoms. The van der Waals surface area contributed by atoms with Crippen LogP contribution in [0.2, 0.25) is 0 Å². The van der Waals surface area contributed by atoms with Crippen LogP contribution in [0.4, 0.5) is 0 Å². The van der Waals surface area contributed by atoms with E-state index in [2.05, 4.69) is 19.2 Å². The van der Waals surface area contributed by atoms with Gasteiger partial charge in [0, 0.05) is 13.2 Å². The zero-order chi connectivity index (χ0) is 13.5. The van der Waals surface area contributed by atoms with Crippen molar-refractivity contribution in [2.24, 2.45) is 23.7 Å². The number of ether oxygens (including phenoxy) is 1. The van der Waals surface area contributed by atoms with Gasteiger partial charge in [0.05, 0.1) is 0 Å². The Kier molecular flexibility index (Phi) is 6.66. The second kappa shape index (κ2) is 8.26. The molecule has 0 radical (unpaired) electrons. The molecule has 0 spiro atoms. The summed E-state index contributed by atoms with van der Waals surface area (Å²) < 4.78 is 5.76. The molecule has 0 bridgehead atoms. The quantitative estimate of drug-likeness (QED) is 0.738. The maximum atomic E-state index is 5.76. The minimum absolute atomic E-state index is 0.844. The summed E-state index contributed by atoms with van der Waals surface area (Å²) in [5.41, 5.74) is 0. The molecule has 2 aliphatic rings. The van der Waals surface area contributed by atoms with E-state index in [-0.39, 0.29) is 0 Å². The molecule has 2 heteroatoms. The highest BCUT2D eigenvalue weighted by Crippen LogP contribution is 2.41. The molecule has 2 rings (SSSR count). The standard InChI is InChI=1S/C17H33NO/c1-3-9-18-12-15-8-7-14(4-2)11-17(15)16-6-5-10-19-13-16/h14-18H,3-13H2,1-2H3. The molecule has 1 heterocycles. The van der Waals surface area contributed by atoms with Crippen molar-refractivity contribution in [3.8, 4) is 0 Å². The smallest absolute Gasteiger partial charge is 0.0497 e. The van der Waals surface area contributed by atoms with Crippen LogP contribution < -0.4 is 5.32 Å². The third-order valence-electron chi connectivity index (χ3n) is 5.37. The Labute approximate surface area is 119 Å². The lowest BCUT2D eigenvalue weighted by Crippen LogP contribution is -2.39. The molecule has 0 amide bonds. The summed E-state index contributed by atoms with van der Waals surface area (Å²) in [5.74, 6) is 3.65. The van der Waals surface area contributed by atoms with E-state index in [1.165, 1.54) is 58.0 Å². The predicted molar refractivity (Wildman–Crippen MR) is 81.3 cm³/mol. The van der Waals surface area contributed by atoms with Gasteiger partial charge in [-0.25, -0.2) is 0 Å². The zero-order valence-corrected chi connectivity index (χ0v) is 13.0. The van der Waals surface area contributed by atoms with Gasteiger partial charge >= 0.3 is 0 Å². The molecule has 0 aromatic carbocycles. The van der Waals surface area contributed by atoms with Gasteiger partial charge in [-0.3, -0.25) is 0 Å². The van der Waals surface area contributed by atoms with E-state index in [9.17, 15) is 0 Å². The molecule has 4 atom stereocenters. The molecule has 1 N–H and O–H groups in total. The van der Waals surface area contributed by atoms with Gasteiger partial charge in [-0.1, -0.05) is 26.7 Å². The van der Waals surface area contributed by atoms with Crippen molar-refractivity contribution in [2.75, 3.05) is 26.3 Å². The first kappa shape index (κ1) is 15.3. The fourth-order valence-corrected chi connectivity index (χ4v) is 4.13. The van der Waals surface area contributed by atoms with E-state index < -0.39 is 0 Å². The summed E-state index contributed by atoms with van der Waals surface area (Å²) in [6, 6.07) is 0. The third-order valence-corrected chi connectivity index (χ3v) is 5.37. The van der Waals surface area contributed by atoms with Crippen molar-refractivity contribution in [3.63, 3.8) is 0 Å². The zero-order valence-electron chi connectivity index (χ0n) is 13.0. The Morgan fingerprint density at radius 2 is 2.05 bits per heavy atom. The van der Waals surface area contributed by atoms with E-state index in [1.807, 2.05) is 0 Å².